The number of unbranched alkanes of at least 4 members (excludes halogenated alkanes) is 1. The standard InChI is InChI=1S/C21H36O7/c1-5-20(22)27-14-9-13-26-18(3)10-7-8-12-25-19(4)11-15-24-16-17-28-21(23)6-2/h5-6,18-19H,1-2,7-17H2,3-4H3. The minimum absolute atomic E-state index is 0.127. The van der Waals surface area contributed by atoms with Crippen molar-refractivity contribution in [2.45, 2.75) is 58.2 Å². The van der Waals surface area contributed by atoms with Crippen LogP contribution < -0.4 is 0 Å². The highest BCUT2D eigenvalue weighted by Gasteiger charge is 2.05. The molecule has 0 rings (SSSR count). The van der Waals surface area contributed by atoms with Gasteiger partial charge in [0.05, 0.1) is 32.0 Å². The van der Waals surface area contributed by atoms with Gasteiger partial charge in [0, 0.05) is 31.8 Å². The molecule has 162 valence electrons. The first-order valence-electron chi connectivity index (χ1n) is 9.88. The van der Waals surface area contributed by atoms with Crippen LogP contribution in [0.3, 0.4) is 0 Å². The second kappa shape index (κ2) is 18.7. The Morgan fingerprint density at radius 2 is 1.29 bits per heavy atom. The van der Waals surface area contributed by atoms with Crippen molar-refractivity contribution in [3.05, 3.63) is 25.3 Å². The van der Waals surface area contributed by atoms with Crippen LogP contribution in [0.25, 0.3) is 0 Å². The third-order valence-corrected chi connectivity index (χ3v) is 3.82. The highest BCUT2D eigenvalue weighted by atomic mass is 16.6. The predicted molar refractivity (Wildman–Crippen MR) is 107 cm³/mol. The first kappa shape index (κ1) is 26.3. The molecule has 0 N–H and O–H groups in total. The van der Waals surface area contributed by atoms with E-state index in [1.807, 2.05) is 13.8 Å². The molecule has 0 heterocycles. The second-order valence-electron chi connectivity index (χ2n) is 6.36. The summed E-state index contributed by atoms with van der Waals surface area (Å²) in [5, 5.41) is 0. The van der Waals surface area contributed by atoms with Crippen molar-refractivity contribution in [1.82, 2.24) is 0 Å². The molecule has 0 saturated carbocycles. The Morgan fingerprint density at radius 3 is 1.93 bits per heavy atom. The van der Waals surface area contributed by atoms with Crippen molar-refractivity contribution in [1.29, 1.82) is 0 Å². The summed E-state index contributed by atoms with van der Waals surface area (Å²) in [7, 11) is 0. The quantitative estimate of drug-likeness (QED) is 0.187. The van der Waals surface area contributed by atoms with Gasteiger partial charge in [0.1, 0.15) is 6.61 Å². The van der Waals surface area contributed by atoms with Gasteiger partial charge in [-0.05, 0) is 39.5 Å². The Bertz CT molecular complexity index is 436. The molecule has 7 heteroatoms. The van der Waals surface area contributed by atoms with Crippen LogP contribution in [-0.2, 0) is 33.3 Å². The van der Waals surface area contributed by atoms with Crippen molar-refractivity contribution in [3.8, 4) is 0 Å². The van der Waals surface area contributed by atoms with Crippen LogP contribution in [-0.4, -0.2) is 63.8 Å². The van der Waals surface area contributed by atoms with Gasteiger partial charge >= 0.3 is 11.9 Å². The zero-order valence-electron chi connectivity index (χ0n) is 17.4. The third kappa shape index (κ3) is 17.7. The molecule has 0 aliphatic rings. The topological polar surface area (TPSA) is 80.3 Å². The molecule has 0 fully saturated rings. The summed E-state index contributed by atoms with van der Waals surface area (Å²) in [4.78, 5) is 21.7. The summed E-state index contributed by atoms with van der Waals surface area (Å²) in [5.74, 6) is -0.836. The largest absolute Gasteiger partial charge is 0.462 e. The molecule has 28 heavy (non-hydrogen) atoms. The second-order valence-corrected chi connectivity index (χ2v) is 6.36. The molecule has 0 aromatic carbocycles. The third-order valence-electron chi connectivity index (χ3n) is 3.82. The molecule has 0 aromatic rings. The van der Waals surface area contributed by atoms with Gasteiger partial charge in [0.2, 0.25) is 0 Å². The molecule has 2 unspecified atom stereocenters. The molecule has 0 radical (unpaired) electrons. The summed E-state index contributed by atoms with van der Waals surface area (Å²) >= 11 is 0. The van der Waals surface area contributed by atoms with Gasteiger partial charge in [-0.3, -0.25) is 0 Å². The molecule has 0 bridgehead atoms. The summed E-state index contributed by atoms with van der Waals surface area (Å²) in [5.41, 5.74) is 0. The van der Waals surface area contributed by atoms with E-state index in [-0.39, 0.29) is 18.8 Å². The van der Waals surface area contributed by atoms with Crippen molar-refractivity contribution in [2.75, 3.05) is 39.6 Å². The SMILES string of the molecule is C=CC(=O)OCCCOC(C)CCCCOC(C)CCOCCOC(=O)C=C. The van der Waals surface area contributed by atoms with E-state index in [4.69, 9.17) is 23.7 Å². The van der Waals surface area contributed by atoms with Crippen LogP contribution in [0.4, 0.5) is 0 Å². The molecule has 0 spiro atoms. The Hall–Kier alpha value is -1.70. The maximum Gasteiger partial charge on any atom is 0.330 e. The Morgan fingerprint density at radius 1 is 0.714 bits per heavy atom. The average molecular weight is 401 g/mol. The molecule has 7 nitrogen and oxygen atoms in total. The lowest BCUT2D eigenvalue weighted by Gasteiger charge is -2.15. The first-order chi connectivity index (χ1) is 13.5. The lowest BCUT2D eigenvalue weighted by molar-refractivity contribution is -0.139. The van der Waals surface area contributed by atoms with Crippen LogP contribution in [0.2, 0.25) is 0 Å². The zero-order valence-corrected chi connectivity index (χ0v) is 17.4. The number of ether oxygens (including phenoxy) is 5. The van der Waals surface area contributed by atoms with Crippen molar-refractivity contribution in [2.24, 2.45) is 0 Å². The summed E-state index contributed by atoms with van der Waals surface area (Å²) < 4.78 is 26.5. The molecule has 0 aliphatic heterocycles. The smallest absolute Gasteiger partial charge is 0.330 e. The monoisotopic (exact) mass is 400 g/mol. The van der Waals surface area contributed by atoms with Crippen LogP contribution in [0.5, 0.6) is 0 Å². The van der Waals surface area contributed by atoms with E-state index in [2.05, 4.69) is 13.2 Å². The predicted octanol–water partition coefficient (Wildman–Crippen LogP) is 3.22. The van der Waals surface area contributed by atoms with Crippen LogP contribution >= 0.6 is 0 Å². The molecule has 0 saturated heterocycles. The minimum Gasteiger partial charge on any atom is -0.462 e. The fourth-order valence-electron chi connectivity index (χ4n) is 2.17. The Labute approximate surface area is 169 Å². The van der Waals surface area contributed by atoms with Gasteiger partial charge in [-0.1, -0.05) is 13.2 Å². The maximum absolute atomic E-state index is 10.9. The Kier molecular flexibility index (Phi) is 17.5. The number of hydrogen-bond acceptors (Lipinski definition) is 7. The summed E-state index contributed by atoms with van der Waals surface area (Å²) in [6, 6.07) is 0. The summed E-state index contributed by atoms with van der Waals surface area (Å²) in [6.45, 7) is 13.5. The van der Waals surface area contributed by atoms with E-state index in [1.165, 1.54) is 0 Å². The van der Waals surface area contributed by atoms with Crippen LogP contribution in [0.15, 0.2) is 25.3 Å². The summed E-state index contributed by atoms with van der Waals surface area (Å²) in [6.07, 6.45) is 7.05. The molecule has 0 amide bonds. The first-order valence-corrected chi connectivity index (χ1v) is 9.88. The zero-order chi connectivity index (χ0) is 21.0. The van der Waals surface area contributed by atoms with Gasteiger partial charge < -0.3 is 23.7 Å². The number of carbonyl (C=O) groups excluding carboxylic acids is 2. The molecular formula is C21H36O7. The molecule has 2 atom stereocenters. The van der Waals surface area contributed by atoms with E-state index in [9.17, 15) is 9.59 Å². The fraction of sp³-hybridized carbons (Fsp3) is 0.714. The normalized spacial score (nSPS) is 12.8. The molecule has 0 aromatic heterocycles. The fourth-order valence-corrected chi connectivity index (χ4v) is 2.17. The van der Waals surface area contributed by atoms with Gasteiger partial charge in [0.25, 0.3) is 0 Å². The molecule has 0 aliphatic carbocycles. The van der Waals surface area contributed by atoms with Crippen LogP contribution in [0.1, 0.15) is 46.0 Å². The van der Waals surface area contributed by atoms with E-state index in [1.54, 1.807) is 0 Å². The van der Waals surface area contributed by atoms with Crippen molar-refractivity contribution < 1.29 is 33.3 Å². The number of carbonyl (C=O) groups is 2. The number of esters is 2. The number of hydrogen-bond donors (Lipinski definition) is 0. The lowest BCUT2D eigenvalue weighted by atomic mass is 10.2. The minimum atomic E-state index is -0.436. The lowest BCUT2D eigenvalue weighted by Crippen LogP contribution is -2.15. The average Bonchev–Trinajstić information content (AvgIpc) is 2.69. The van der Waals surface area contributed by atoms with Crippen molar-refractivity contribution >= 4 is 11.9 Å². The maximum atomic E-state index is 10.9. The molecular weight excluding hydrogens is 364 g/mol. The van der Waals surface area contributed by atoms with Gasteiger partial charge in [-0.15, -0.1) is 0 Å². The van der Waals surface area contributed by atoms with E-state index >= 15 is 0 Å². The van der Waals surface area contributed by atoms with Gasteiger partial charge in [0.15, 0.2) is 0 Å². The highest BCUT2D eigenvalue weighted by Crippen LogP contribution is 2.07. The van der Waals surface area contributed by atoms with Crippen LogP contribution in [0, 0.1) is 0 Å². The highest BCUT2D eigenvalue weighted by molar-refractivity contribution is 5.81. The van der Waals surface area contributed by atoms with Crippen molar-refractivity contribution in [3.63, 3.8) is 0 Å². The number of rotatable bonds is 19. The van der Waals surface area contributed by atoms with Gasteiger partial charge in [-0.2, -0.15) is 0 Å². The van der Waals surface area contributed by atoms with E-state index in [0.717, 1.165) is 37.8 Å². The van der Waals surface area contributed by atoms with Gasteiger partial charge in [-0.25, -0.2) is 9.59 Å². The Balaban J connectivity index is 3.39. The van der Waals surface area contributed by atoms with E-state index in [0.29, 0.717) is 39.5 Å². The van der Waals surface area contributed by atoms with E-state index < -0.39 is 11.9 Å².